The Morgan fingerprint density at radius 3 is 2.07 bits per heavy atom. The number of allylic oxidation sites excluding steroid dienone is 1. The minimum absolute atomic E-state index is 0. The molecule has 1 rings (SSSR count). The van der Waals surface area contributed by atoms with E-state index in [1.54, 1.807) is 0 Å². The molecule has 6 heteroatoms. The molecule has 0 heterocycles. The first-order valence-electron chi connectivity index (χ1n) is 3.73. The van der Waals surface area contributed by atoms with Crippen LogP contribution in [0.2, 0.25) is 0 Å². The third-order valence-corrected chi connectivity index (χ3v) is 2.41. The van der Waals surface area contributed by atoms with Gasteiger partial charge in [0.05, 0.1) is 4.90 Å². The second-order valence-corrected chi connectivity index (χ2v) is 3.96. The molecular formula is C9H8NaO4S. The van der Waals surface area contributed by atoms with E-state index in [9.17, 15) is 13.2 Å². The maximum Gasteiger partial charge on any atom is 0.294 e. The van der Waals surface area contributed by atoms with Crippen LogP contribution in [0.15, 0.2) is 35.2 Å². The van der Waals surface area contributed by atoms with Crippen molar-refractivity contribution in [2.45, 2.75) is 4.90 Å². The van der Waals surface area contributed by atoms with Crippen LogP contribution in [0.3, 0.4) is 0 Å². The van der Waals surface area contributed by atoms with Crippen LogP contribution in [-0.4, -0.2) is 48.8 Å². The molecule has 0 fully saturated rings. The molecule has 0 aromatic heterocycles. The minimum Gasteiger partial charge on any atom is -0.299 e. The van der Waals surface area contributed by atoms with Gasteiger partial charge >= 0.3 is 0 Å². The predicted molar refractivity (Wildman–Crippen MR) is 57.1 cm³/mol. The summed E-state index contributed by atoms with van der Waals surface area (Å²) in [5.41, 5.74) is 0.685. The zero-order chi connectivity index (χ0) is 10.6. The van der Waals surface area contributed by atoms with Gasteiger partial charge in [-0.05, 0) is 23.8 Å². The molecule has 1 radical (unpaired) electrons. The Labute approximate surface area is 110 Å². The molecule has 15 heavy (non-hydrogen) atoms. The van der Waals surface area contributed by atoms with Crippen molar-refractivity contribution in [1.82, 2.24) is 0 Å². The van der Waals surface area contributed by atoms with Crippen LogP contribution >= 0.6 is 0 Å². The second kappa shape index (κ2) is 6.19. The van der Waals surface area contributed by atoms with Gasteiger partial charge in [-0.3, -0.25) is 9.35 Å². The van der Waals surface area contributed by atoms with E-state index >= 15 is 0 Å². The third-order valence-electron chi connectivity index (χ3n) is 1.55. The Morgan fingerprint density at radius 2 is 1.67 bits per heavy atom. The Hall–Kier alpha value is -0.460. The molecule has 0 atom stereocenters. The SMILES string of the molecule is O=CC=Cc1ccc(S(=O)(=O)O)cc1.[Na]. The maximum atomic E-state index is 10.6. The van der Waals surface area contributed by atoms with Gasteiger partial charge in [0.15, 0.2) is 0 Å². The van der Waals surface area contributed by atoms with Crippen LogP contribution in [0, 0.1) is 0 Å². The van der Waals surface area contributed by atoms with Gasteiger partial charge < -0.3 is 0 Å². The fourth-order valence-corrected chi connectivity index (χ4v) is 1.38. The maximum absolute atomic E-state index is 10.6. The monoisotopic (exact) mass is 235 g/mol. The fraction of sp³-hybridized carbons (Fsp3) is 0. The van der Waals surface area contributed by atoms with E-state index in [2.05, 4.69) is 0 Å². The molecule has 0 aliphatic heterocycles. The molecule has 0 aliphatic rings. The number of aldehydes is 1. The smallest absolute Gasteiger partial charge is 0.294 e. The van der Waals surface area contributed by atoms with Crippen molar-refractivity contribution in [3.05, 3.63) is 35.9 Å². The minimum atomic E-state index is -4.13. The molecule has 0 saturated heterocycles. The molecular weight excluding hydrogens is 227 g/mol. The Bertz CT molecular complexity index is 448. The van der Waals surface area contributed by atoms with Crippen molar-refractivity contribution < 1.29 is 17.8 Å². The molecule has 75 valence electrons. The van der Waals surface area contributed by atoms with Crippen molar-refractivity contribution in [3.63, 3.8) is 0 Å². The molecule has 1 N–H and O–H groups in total. The van der Waals surface area contributed by atoms with Gasteiger partial charge in [0, 0.05) is 29.6 Å². The first-order valence-corrected chi connectivity index (χ1v) is 5.17. The van der Waals surface area contributed by atoms with Crippen molar-refractivity contribution in [1.29, 1.82) is 0 Å². The molecule has 0 spiro atoms. The predicted octanol–water partition coefficient (Wildman–Crippen LogP) is 0.765. The number of carbonyl (C=O) groups excluding carboxylic acids is 1. The number of hydrogen-bond donors (Lipinski definition) is 1. The summed E-state index contributed by atoms with van der Waals surface area (Å²) in [5, 5.41) is 0. The summed E-state index contributed by atoms with van der Waals surface area (Å²) in [6.07, 6.45) is 3.44. The molecule has 1 aromatic carbocycles. The summed E-state index contributed by atoms with van der Waals surface area (Å²) in [4.78, 5) is 9.82. The van der Waals surface area contributed by atoms with Crippen LogP contribution < -0.4 is 0 Å². The molecule has 0 bridgehead atoms. The van der Waals surface area contributed by atoms with Crippen LogP contribution in [0.4, 0.5) is 0 Å². The van der Waals surface area contributed by atoms with E-state index in [0.29, 0.717) is 11.8 Å². The van der Waals surface area contributed by atoms with Crippen molar-refractivity contribution in [3.8, 4) is 0 Å². The van der Waals surface area contributed by atoms with E-state index in [1.807, 2.05) is 0 Å². The molecule has 0 amide bonds. The van der Waals surface area contributed by atoms with Gasteiger partial charge in [-0.25, -0.2) is 0 Å². The summed E-state index contributed by atoms with van der Waals surface area (Å²) in [6, 6.07) is 5.51. The Balaban J connectivity index is 0.00000196. The summed E-state index contributed by atoms with van der Waals surface area (Å²) >= 11 is 0. The number of benzene rings is 1. The standard InChI is InChI=1S/C9H8O4S.Na/c10-7-1-2-8-3-5-9(6-4-8)14(11,12)13;/h1-7H,(H,11,12,13);. The van der Waals surface area contributed by atoms with E-state index in [0.717, 1.165) is 0 Å². The van der Waals surface area contributed by atoms with Gasteiger partial charge in [0.25, 0.3) is 10.1 Å². The summed E-state index contributed by atoms with van der Waals surface area (Å²) in [7, 11) is -4.13. The summed E-state index contributed by atoms with van der Waals surface area (Å²) in [6.45, 7) is 0. The van der Waals surface area contributed by atoms with Gasteiger partial charge in [-0.2, -0.15) is 8.42 Å². The van der Waals surface area contributed by atoms with E-state index in [4.69, 9.17) is 4.55 Å². The molecule has 0 saturated carbocycles. The molecule has 4 nitrogen and oxygen atoms in total. The Morgan fingerprint density at radius 1 is 1.13 bits per heavy atom. The zero-order valence-corrected chi connectivity index (χ0v) is 10.9. The van der Waals surface area contributed by atoms with Crippen LogP contribution in [0.25, 0.3) is 6.08 Å². The first-order chi connectivity index (χ1) is 6.54. The van der Waals surface area contributed by atoms with Crippen molar-refractivity contribution in [2.24, 2.45) is 0 Å². The normalized spacial score (nSPS) is 11.0. The van der Waals surface area contributed by atoms with E-state index < -0.39 is 10.1 Å². The van der Waals surface area contributed by atoms with Crippen molar-refractivity contribution >= 4 is 52.0 Å². The molecule has 0 unspecified atom stereocenters. The number of carbonyl (C=O) groups is 1. The average Bonchev–Trinajstić information content (AvgIpc) is 2.14. The first kappa shape index (κ1) is 14.5. The number of hydrogen-bond acceptors (Lipinski definition) is 3. The third kappa shape index (κ3) is 4.72. The zero-order valence-electron chi connectivity index (χ0n) is 8.12. The topological polar surface area (TPSA) is 71.4 Å². The fourth-order valence-electron chi connectivity index (χ4n) is 0.901. The second-order valence-electron chi connectivity index (χ2n) is 2.54. The Kier molecular flexibility index (Phi) is 6.00. The molecule has 1 aromatic rings. The quantitative estimate of drug-likeness (QED) is 0.363. The van der Waals surface area contributed by atoms with Crippen LogP contribution in [0.1, 0.15) is 5.56 Å². The van der Waals surface area contributed by atoms with Crippen LogP contribution in [0.5, 0.6) is 0 Å². The number of rotatable bonds is 3. The van der Waals surface area contributed by atoms with Gasteiger partial charge in [-0.15, -0.1) is 0 Å². The van der Waals surface area contributed by atoms with E-state index in [1.165, 1.54) is 36.4 Å². The van der Waals surface area contributed by atoms with Gasteiger partial charge in [0.1, 0.15) is 6.29 Å². The van der Waals surface area contributed by atoms with Crippen molar-refractivity contribution in [2.75, 3.05) is 0 Å². The van der Waals surface area contributed by atoms with Gasteiger partial charge in [0.2, 0.25) is 0 Å². The van der Waals surface area contributed by atoms with Crippen LogP contribution in [-0.2, 0) is 14.9 Å². The average molecular weight is 235 g/mol. The van der Waals surface area contributed by atoms with Gasteiger partial charge in [-0.1, -0.05) is 18.2 Å². The summed E-state index contributed by atoms with van der Waals surface area (Å²) < 4.78 is 29.9. The largest absolute Gasteiger partial charge is 0.299 e. The molecule has 0 aliphatic carbocycles. The van der Waals surface area contributed by atoms with E-state index in [-0.39, 0.29) is 34.5 Å². The summed E-state index contributed by atoms with van der Waals surface area (Å²) in [5.74, 6) is 0.